The minimum atomic E-state index is -0.595. The monoisotopic (exact) mass is 283 g/mol. The van der Waals surface area contributed by atoms with Crippen molar-refractivity contribution in [2.45, 2.75) is 6.92 Å². The van der Waals surface area contributed by atoms with E-state index in [0.29, 0.717) is 11.1 Å². The summed E-state index contributed by atoms with van der Waals surface area (Å²) in [5.74, 6) is -0.874. The van der Waals surface area contributed by atoms with Crippen LogP contribution < -0.4 is 4.90 Å². The summed E-state index contributed by atoms with van der Waals surface area (Å²) in [6, 6.07) is 7.47. The fraction of sp³-hybridized carbons (Fsp3) is 0.0714. The van der Waals surface area contributed by atoms with Crippen LogP contribution in [0.3, 0.4) is 0 Å². The molecule has 0 unspecified atom stereocenters. The Kier molecular flexibility index (Phi) is 2.76. The molecule has 1 aliphatic heterocycles. The van der Waals surface area contributed by atoms with E-state index in [1.54, 1.807) is 18.2 Å². The lowest BCUT2D eigenvalue weighted by Crippen LogP contribution is -2.30. The van der Waals surface area contributed by atoms with Crippen molar-refractivity contribution in [2.24, 2.45) is 0 Å². The maximum absolute atomic E-state index is 12.3. The van der Waals surface area contributed by atoms with Crippen LogP contribution in [-0.2, 0) is 0 Å². The third-order valence-corrected chi connectivity index (χ3v) is 3.21. The van der Waals surface area contributed by atoms with E-state index in [4.69, 9.17) is 0 Å². The van der Waals surface area contributed by atoms with Gasteiger partial charge in [0.15, 0.2) is 0 Å². The number of carbonyl (C=O) groups excluding carboxylic acids is 2. The largest absolute Gasteiger partial charge is 0.287 e. The van der Waals surface area contributed by atoms with Gasteiger partial charge < -0.3 is 0 Å². The van der Waals surface area contributed by atoms with Gasteiger partial charge in [0.1, 0.15) is 12.0 Å². The van der Waals surface area contributed by atoms with Crippen LogP contribution in [0.15, 0.2) is 36.5 Å². The first kappa shape index (κ1) is 12.9. The van der Waals surface area contributed by atoms with Crippen molar-refractivity contribution in [3.63, 3.8) is 0 Å². The Bertz CT molecular complexity index is 783. The Morgan fingerprint density at radius 2 is 1.81 bits per heavy atom. The van der Waals surface area contributed by atoms with Gasteiger partial charge in [0.05, 0.1) is 16.1 Å². The second-order valence-electron chi connectivity index (χ2n) is 4.63. The number of aryl methyl sites for hydroxylation is 1. The number of carbonyl (C=O) groups is 2. The molecule has 0 saturated heterocycles. The second kappa shape index (κ2) is 4.48. The van der Waals surface area contributed by atoms with Crippen molar-refractivity contribution in [3.05, 3.63) is 63.3 Å². The van der Waals surface area contributed by atoms with Gasteiger partial charge in [-0.1, -0.05) is 11.6 Å². The van der Waals surface area contributed by atoms with Crippen LogP contribution in [0.4, 0.5) is 11.5 Å². The van der Waals surface area contributed by atoms with Crippen LogP contribution >= 0.6 is 0 Å². The first-order valence-corrected chi connectivity index (χ1v) is 6.09. The Balaban J connectivity index is 2.03. The summed E-state index contributed by atoms with van der Waals surface area (Å²) >= 11 is 0. The van der Waals surface area contributed by atoms with E-state index in [-0.39, 0.29) is 11.5 Å². The van der Waals surface area contributed by atoms with E-state index in [0.717, 1.165) is 16.7 Å². The Hall–Kier alpha value is -3.09. The normalized spacial score (nSPS) is 13.5. The summed E-state index contributed by atoms with van der Waals surface area (Å²) in [4.78, 5) is 39.3. The summed E-state index contributed by atoms with van der Waals surface area (Å²) in [6.45, 7) is 1.82. The highest BCUT2D eigenvalue weighted by molar-refractivity contribution is 6.34. The van der Waals surface area contributed by atoms with E-state index in [2.05, 4.69) is 4.98 Å². The van der Waals surface area contributed by atoms with Crippen LogP contribution in [0.2, 0.25) is 0 Å². The molecule has 2 heterocycles. The van der Waals surface area contributed by atoms with Gasteiger partial charge in [0, 0.05) is 6.07 Å². The van der Waals surface area contributed by atoms with Crippen LogP contribution in [0.1, 0.15) is 26.3 Å². The number of fused-ring (bicyclic) bond motifs is 1. The predicted octanol–water partition coefficient (Wildman–Crippen LogP) is 2.10. The number of benzene rings is 1. The van der Waals surface area contributed by atoms with Gasteiger partial charge in [-0.2, -0.15) is 0 Å². The van der Waals surface area contributed by atoms with Crippen molar-refractivity contribution >= 4 is 23.3 Å². The van der Waals surface area contributed by atoms with Gasteiger partial charge in [0.25, 0.3) is 17.5 Å². The summed E-state index contributed by atoms with van der Waals surface area (Å²) in [5.41, 5.74) is 1.30. The molecule has 1 aromatic heterocycles. The highest BCUT2D eigenvalue weighted by Gasteiger charge is 2.37. The summed E-state index contributed by atoms with van der Waals surface area (Å²) in [7, 11) is 0. The van der Waals surface area contributed by atoms with Crippen LogP contribution in [0.5, 0.6) is 0 Å². The fourth-order valence-corrected chi connectivity index (χ4v) is 2.18. The molecule has 0 atom stereocenters. The molecule has 2 amide bonds. The molecular weight excluding hydrogens is 274 g/mol. The molecule has 21 heavy (non-hydrogen) atoms. The molecule has 0 radical (unpaired) electrons. The molecule has 1 aliphatic rings. The fourth-order valence-electron chi connectivity index (χ4n) is 2.18. The van der Waals surface area contributed by atoms with E-state index in [1.165, 1.54) is 12.1 Å². The second-order valence-corrected chi connectivity index (χ2v) is 4.63. The van der Waals surface area contributed by atoms with E-state index in [9.17, 15) is 19.7 Å². The van der Waals surface area contributed by atoms with Gasteiger partial charge in [-0.25, -0.2) is 9.88 Å². The molecule has 7 heteroatoms. The third kappa shape index (κ3) is 1.95. The highest BCUT2D eigenvalue weighted by Crippen LogP contribution is 2.28. The Labute approximate surface area is 119 Å². The number of pyridine rings is 1. The number of hydrogen-bond donors (Lipinski definition) is 0. The molecule has 1 aromatic carbocycles. The zero-order valence-electron chi connectivity index (χ0n) is 10.9. The lowest BCUT2D eigenvalue weighted by molar-refractivity contribution is -0.385. The van der Waals surface area contributed by atoms with Gasteiger partial charge >= 0.3 is 0 Å². The topological polar surface area (TPSA) is 93.4 Å². The molecule has 0 bridgehead atoms. The van der Waals surface area contributed by atoms with Crippen molar-refractivity contribution < 1.29 is 14.5 Å². The molecule has 0 saturated carbocycles. The molecule has 0 aliphatic carbocycles. The summed E-state index contributed by atoms with van der Waals surface area (Å²) < 4.78 is 0. The molecule has 2 aromatic rings. The highest BCUT2D eigenvalue weighted by atomic mass is 16.6. The van der Waals surface area contributed by atoms with E-state index >= 15 is 0 Å². The summed E-state index contributed by atoms with van der Waals surface area (Å²) in [6.07, 6.45) is 1.02. The number of anilines is 1. The molecular formula is C14H9N3O4. The third-order valence-electron chi connectivity index (χ3n) is 3.21. The maximum atomic E-state index is 12.3. The minimum absolute atomic E-state index is 0.0736. The smallest absolute Gasteiger partial charge is 0.268 e. The molecule has 0 fully saturated rings. The van der Waals surface area contributed by atoms with Crippen molar-refractivity contribution in [2.75, 3.05) is 4.90 Å². The number of rotatable bonds is 2. The average Bonchev–Trinajstić information content (AvgIpc) is 2.70. The van der Waals surface area contributed by atoms with E-state index < -0.39 is 16.7 Å². The van der Waals surface area contributed by atoms with Crippen LogP contribution in [-0.4, -0.2) is 21.7 Å². The lowest BCUT2D eigenvalue weighted by Gasteiger charge is -2.11. The molecule has 3 rings (SSSR count). The van der Waals surface area contributed by atoms with Crippen molar-refractivity contribution in [3.8, 4) is 0 Å². The quantitative estimate of drug-likeness (QED) is 0.478. The number of hydrogen-bond acceptors (Lipinski definition) is 5. The summed E-state index contributed by atoms with van der Waals surface area (Å²) in [5, 5.41) is 10.6. The molecule has 104 valence electrons. The average molecular weight is 283 g/mol. The number of imide groups is 1. The van der Waals surface area contributed by atoms with Crippen LogP contribution in [0, 0.1) is 17.0 Å². The van der Waals surface area contributed by atoms with E-state index in [1.807, 2.05) is 6.92 Å². The minimum Gasteiger partial charge on any atom is -0.268 e. The lowest BCUT2D eigenvalue weighted by atomic mass is 10.1. The number of nitro groups is 1. The van der Waals surface area contributed by atoms with Crippen molar-refractivity contribution in [1.29, 1.82) is 0 Å². The van der Waals surface area contributed by atoms with Gasteiger partial charge in [-0.05, 0) is 25.1 Å². The van der Waals surface area contributed by atoms with Gasteiger partial charge in [0.2, 0.25) is 0 Å². The number of amides is 2. The molecule has 7 nitrogen and oxygen atoms in total. The zero-order chi connectivity index (χ0) is 15.1. The molecule has 0 N–H and O–H groups in total. The standard InChI is InChI=1S/C14H9N3O4/c1-8-2-4-10-11(6-8)14(19)16(13(10)18)12-5-3-9(7-15-12)17(20)21/h2-7H,1H3. The SMILES string of the molecule is Cc1ccc2c(c1)C(=O)N(c1ccc([N+](=O)[O-])cn1)C2=O. The number of nitrogens with zero attached hydrogens (tertiary/aromatic N) is 3. The van der Waals surface area contributed by atoms with Crippen LogP contribution in [0.25, 0.3) is 0 Å². The molecule has 0 spiro atoms. The van der Waals surface area contributed by atoms with Crippen molar-refractivity contribution in [1.82, 2.24) is 4.98 Å². The maximum Gasteiger partial charge on any atom is 0.287 e. The first-order chi connectivity index (χ1) is 9.99. The first-order valence-electron chi connectivity index (χ1n) is 6.09. The van der Waals surface area contributed by atoms with Gasteiger partial charge in [-0.15, -0.1) is 0 Å². The predicted molar refractivity (Wildman–Crippen MR) is 73.2 cm³/mol. The number of aromatic nitrogens is 1. The zero-order valence-corrected chi connectivity index (χ0v) is 10.9. The Morgan fingerprint density at radius 3 is 2.43 bits per heavy atom. The Morgan fingerprint density at radius 1 is 1.10 bits per heavy atom. The van der Waals surface area contributed by atoms with Gasteiger partial charge in [-0.3, -0.25) is 19.7 Å².